The molecule has 0 aromatic carbocycles. The summed E-state index contributed by atoms with van der Waals surface area (Å²) < 4.78 is 1.35. The Balaban J connectivity index is 3.42. The van der Waals surface area contributed by atoms with Crippen LogP contribution in [0.2, 0.25) is 0 Å². The van der Waals surface area contributed by atoms with E-state index in [4.69, 9.17) is 11.5 Å². The average molecular weight is 167 g/mol. The third kappa shape index (κ3) is 1.03. The zero-order valence-electron chi connectivity index (χ0n) is 6.61. The molecule has 0 unspecified atom stereocenters. The molecule has 0 fully saturated rings. The molecule has 0 bridgehead atoms. The number of hydrogen-bond acceptors (Lipinski definition) is 4. The van der Waals surface area contributed by atoms with Crippen LogP contribution in [0.15, 0.2) is 4.99 Å². The number of amides is 1. The predicted octanol–water partition coefficient (Wildman–Crippen LogP) is -0.567. The normalized spacial score (nSPS) is 9.75. The van der Waals surface area contributed by atoms with Crippen molar-refractivity contribution in [3.05, 3.63) is 5.56 Å². The van der Waals surface area contributed by atoms with Gasteiger partial charge in [0.25, 0.3) is 5.91 Å². The van der Waals surface area contributed by atoms with Crippen molar-refractivity contribution in [3.8, 4) is 0 Å². The largest absolute Gasteiger partial charge is 0.381 e. The molecule has 1 heterocycles. The Morgan fingerprint density at radius 3 is 2.67 bits per heavy atom. The van der Waals surface area contributed by atoms with Gasteiger partial charge in [-0.1, -0.05) is 0 Å². The fourth-order valence-electron chi connectivity index (χ4n) is 0.953. The van der Waals surface area contributed by atoms with Crippen LogP contribution in [0.3, 0.4) is 0 Å². The molecule has 0 radical (unpaired) electrons. The second kappa shape index (κ2) is 2.65. The summed E-state index contributed by atoms with van der Waals surface area (Å²) in [5.41, 5.74) is 10.6. The third-order valence-corrected chi connectivity index (χ3v) is 1.44. The first-order valence-corrected chi connectivity index (χ1v) is 3.17. The Bertz CT molecular complexity index is 340. The SMILES string of the molecule is C=Nc1c(C(N)=O)c(N)nn1C. The molecule has 6 heteroatoms. The first-order valence-electron chi connectivity index (χ1n) is 3.17. The monoisotopic (exact) mass is 167 g/mol. The highest BCUT2D eigenvalue weighted by Crippen LogP contribution is 2.22. The molecule has 1 aromatic rings. The van der Waals surface area contributed by atoms with Crippen LogP contribution in [0.25, 0.3) is 0 Å². The van der Waals surface area contributed by atoms with E-state index in [1.807, 2.05) is 0 Å². The number of nitrogens with zero attached hydrogens (tertiary/aromatic N) is 3. The first kappa shape index (κ1) is 8.25. The maximum Gasteiger partial charge on any atom is 0.256 e. The van der Waals surface area contributed by atoms with Crippen molar-refractivity contribution >= 4 is 24.3 Å². The molecule has 4 N–H and O–H groups in total. The Hall–Kier alpha value is -1.85. The highest BCUT2D eigenvalue weighted by atomic mass is 16.1. The number of anilines is 1. The number of primary amides is 1. The highest BCUT2D eigenvalue weighted by Gasteiger charge is 2.17. The zero-order chi connectivity index (χ0) is 9.30. The lowest BCUT2D eigenvalue weighted by atomic mass is 10.3. The highest BCUT2D eigenvalue weighted by molar-refractivity contribution is 6.01. The van der Waals surface area contributed by atoms with Crippen LogP contribution in [-0.2, 0) is 7.05 Å². The van der Waals surface area contributed by atoms with E-state index in [0.29, 0.717) is 5.82 Å². The van der Waals surface area contributed by atoms with Gasteiger partial charge in [0, 0.05) is 7.05 Å². The molecule has 0 aliphatic heterocycles. The van der Waals surface area contributed by atoms with E-state index in [0.717, 1.165) is 0 Å². The van der Waals surface area contributed by atoms with Gasteiger partial charge in [0.1, 0.15) is 5.56 Å². The van der Waals surface area contributed by atoms with Crippen LogP contribution in [0.4, 0.5) is 11.6 Å². The quantitative estimate of drug-likeness (QED) is 0.577. The lowest BCUT2D eigenvalue weighted by Gasteiger charge is -1.94. The van der Waals surface area contributed by atoms with E-state index in [2.05, 4.69) is 16.8 Å². The van der Waals surface area contributed by atoms with Crippen LogP contribution in [0.5, 0.6) is 0 Å². The molecule has 0 saturated heterocycles. The number of hydrogen-bond donors (Lipinski definition) is 2. The van der Waals surface area contributed by atoms with Crippen molar-refractivity contribution < 1.29 is 4.79 Å². The average Bonchev–Trinajstić information content (AvgIpc) is 2.24. The number of aliphatic imine (C=N–C) groups is 1. The fourth-order valence-corrected chi connectivity index (χ4v) is 0.953. The number of rotatable bonds is 2. The lowest BCUT2D eigenvalue weighted by Crippen LogP contribution is -2.12. The third-order valence-electron chi connectivity index (χ3n) is 1.44. The van der Waals surface area contributed by atoms with Crippen LogP contribution in [0.1, 0.15) is 10.4 Å². The number of nitrogen functional groups attached to an aromatic ring is 1. The van der Waals surface area contributed by atoms with Gasteiger partial charge in [0.15, 0.2) is 11.6 Å². The van der Waals surface area contributed by atoms with Gasteiger partial charge in [0.05, 0.1) is 0 Å². The molecule has 0 saturated carbocycles. The van der Waals surface area contributed by atoms with Crippen LogP contribution in [0, 0.1) is 0 Å². The molecule has 0 aliphatic rings. The van der Waals surface area contributed by atoms with Gasteiger partial charge in [-0.25, -0.2) is 9.67 Å². The first-order chi connectivity index (χ1) is 5.57. The van der Waals surface area contributed by atoms with Crippen molar-refractivity contribution in [2.75, 3.05) is 5.73 Å². The topological polar surface area (TPSA) is 99.3 Å². The van der Waals surface area contributed by atoms with E-state index < -0.39 is 5.91 Å². The minimum Gasteiger partial charge on any atom is -0.381 e. The van der Waals surface area contributed by atoms with Crippen LogP contribution < -0.4 is 11.5 Å². The van der Waals surface area contributed by atoms with E-state index in [1.54, 1.807) is 7.05 Å². The van der Waals surface area contributed by atoms with Gasteiger partial charge in [-0.3, -0.25) is 4.79 Å². The molecule has 1 rings (SSSR count). The van der Waals surface area contributed by atoms with Crippen molar-refractivity contribution in [2.45, 2.75) is 0 Å². The van der Waals surface area contributed by atoms with Gasteiger partial charge >= 0.3 is 0 Å². The summed E-state index contributed by atoms with van der Waals surface area (Å²) in [7, 11) is 1.60. The van der Waals surface area contributed by atoms with E-state index in [9.17, 15) is 4.79 Å². The van der Waals surface area contributed by atoms with Crippen molar-refractivity contribution in [3.63, 3.8) is 0 Å². The fraction of sp³-hybridized carbons (Fsp3) is 0.167. The molecular weight excluding hydrogens is 158 g/mol. The number of aryl methyl sites for hydroxylation is 1. The van der Waals surface area contributed by atoms with Gasteiger partial charge in [0.2, 0.25) is 0 Å². The molecule has 1 aromatic heterocycles. The van der Waals surface area contributed by atoms with E-state index in [1.165, 1.54) is 4.68 Å². The lowest BCUT2D eigenvalue weighted by molar-refractivity contribution is 0.100. The minimum atomic E-state index is -0.650. The second-order valence-electron chi connectivity index (χ2n) is 2.23. The summed E-state index contributed by atoms with van der Waals surface area (Å²) in [5.74, 6) is -0.282. The number of carbonyl (C=O) groups is 1. The van der Waals surface area contributed by atoms with Crippen molar-refractivity contribution in [2.24, 2.45) is 17.8 Å². The minimum absolute atomic E-state index is 0.0763. The van der Waals surface area contributed by atoms with Crippen LogP contribution in [-0.4, -0.2) is 22.4 Å². The van der Waals surface area contributed by atoms with Gasteiger partial charge in [-0.05, 0) is 6.72 Å². The van der Waals surface area contributed by atoms with Crippen molar-refractivity contribution in [1.29, 1.82) is 0 Å². The molecular formula is C6H9N5O. The molecule has 0 atom stereocenters. The zero-order valence-corrected chi connectivity index (χ0v) is 6.61. The molecule has 0 aliphatic carbocycles. The summed E-state index contributed by atoms with van der Waals surface area (Å²) in [6.07, 6.45) is 0. The Kier molecular flexibility index (Phi) is 1.82. The number of carbonyl (C=O) groups excluding carboxylic acids is 1. The Morgan fingerprint density at radius 2 is 2.33 bits per heavy atom. The molecule has 12 heavy (non-hydrogen) atoms. The van der Waals surface area contributed by atoms with E-state index in [-0.39, 0.29) is 11.4 Å². The Morgan fingerprint density at radius 1 is 1.75 bits per heavy atom. The van der Waals surface area contributed by atoms with E-state index >= 15 is 0 Å². The van der Waals surface area contributed by atoms with Gasteiger partial charge < -0.3 is 11.5 Å². The summed E-state index contributed by atoms with van der Waals surface area (Å²) in [4.78, 5) is 14.4. The maximum atomic E-state index is 10.8. The summed E-state index contributed by atoms with van der Waals surface area (Å²) >= 11 is 0. The number of nitrogens with two attached hydrogens (primary N) is 2. The maximum absolute atomic E-state index is 10.8. The Labute approximate surface area is 68.9 Å². The summed E-state index contributed by atoms with van der Waals surface area (Å²) in [5, 5.41) is 3.76. The summed E-state index contributed by atoms with van der Waals surface area (Å²) in [6, 6.07) is 0. The molecule has 64 valence electrons. The standard InChI is InChI=1S/C6H9N5O/c1-9-6-3(5(8)12)4(7)10-11(6)2/h1H2,2H3,(H2,7,10)(H2,8,12). The van der Waals surface area contributed by atoms with Gasteiger partial charge in [-0.15, -0.1) is 0 Å². The summed E-state index contributed by atoms with van der Waals surface area (Å²) in [6.45, 7) is 3.27. The van der Waals surface area contributed by atoms with Gasteiger partial charge in [-0.2, -0.15) is 5.10 Å². The molecule has 1 amide bonds. The molecule has 6 nitrogen and oxygen atoms in total. The smallest absolute Gasteiger partial charge is 0.256 e. The number of aromatic nitrogens is 2. The van der Waals surface area contributed by atoms with Crippen molar-refractivity contribution in [1.82, 2.24) is 9.78 Å². The predicted molar refractivity (Wildman–Crippen MR) is 45.3 cm³/mol. The van der Waals surface area contributed by atoms with Crippen LogP contribution >= 0.6 is 0 Å². The molecule has 0 spiro atoms. The second-order valence-corrected chi connectivity index (χ2v) is 2.23.